The van der Waals surface area contributed by atoms with Crippen LogP contribution in [-0.4, -0.2) is 5.91 Å². The predicted octanol–water partition coefficient (Wildman–Crippen LogP) is 3.34. The molecule has 2 rings (SSSR count). The zero-order chi connectivity index (χ0) is 14.4. The third-order valence-corrected chi connectivity index (χ3v) is 3.30. The van der Waals surface area contributed by atoms with Crippen molar-refractivity contribution >= 4 is 17.5 Å². The van der Waals surface area contributed by atoms with Crippen molar-refractivity contribution in [1.82, 2.24) is 0 Å². The number of nitrogens with two attached hydrogens (primary N) is 1. The number of hydrogen-bond acceptors (Lipinski definition) is 2. The number of halogens is 1. The van der Waals surface area contributed by atoms with Gasteiger partial charge in [-0.2, -0.15) is 0 Å². The van der Waals surface area contributed by atoms with E-state index in [0.29, 0.717) is 24.5 Å². The maximum absolute atomic E-state index is 10.7. The van der Waals surface area contributed by atoms with Gasteiger partial charge in [0.25, 0.3) is 0 Å². The van der Waals surface area contributed by atoms with E-state index in [4.69, 9.17) is 22.1 Å². The molecule has 0 unspecified atom stereocenters. The number of amides is 1. The second-order valence-electron chi connectivity index (χ2n) is 4.49. The van der Waals surface area contributed by atoms with Crippen LogP contribution in [0.15, 0.2) is 48.5 Å². The van der Waals surface area contributed by atoms with Crippen molar-refractivity contribution in [3.8, 4) is 5.75 Å². The maximum Gasteiger partial charge on any atom is 0.217 e. The molecule has 0 fully saturated rings. The summed E-state index contributed by atoms with van der Waals surface area (Å²) < 4.78 is 5.68. The monoisotopic (exact) mass is 289 g/mol. The van der Waals surface area contributed by atoms with Gasteiger partial charge >= 0.3 is 0 Å². The highest BCUT2D eigenvalue weighted by molar-refractivity contribution is 6.31. The van der Waals surface area contributed by atoms with Gasteiger partial charge in [-0.1, -0.05) is 41.9 Å². The molecule has 0 radical (unpaired) electrons. The van der Waals surface area contributed by atoms with Gasteiger partial charge in [0.2, 0.25) is 5.91 Å². The number of benzene rings is 2. The summed E-state index contributed by atoms with van der Waals surface area (Å²) in [6.45, 7) is 0.431. The molecule has 2 aromatic rings. The smallest absolute Gasteiger partial charge is 0.217 e. The molecule has 1 amide bonds. The summed E-state index contributed by atoms with van der Waals surface area (Å²) in [5.74, 6) is 0.483. The van der Waals surface area contributed by atoms with E-state index in [1.807, 2.05) is 48.5 Å². The summed E-state index contributed by atoms with van der Waals surface area (Å²) in [6.07, 6.45) is 1.01. The summed E-state index contributed by atoms with van der Waals surface area (Å²) in [4.78, 5) is 10.7. The van der Waals surface area contributed by atoms with Gasteiger partial charge in [-0.3, -0.25) is 4.79 Å². The molecule has 2 N–H and O–H groups in total. The van der Waals surface area contributed by atoms with Crippen molar-refractivity contribution in [1.29, 1.82) is 0 Å². The number of primary amides is 1. The zero-order valence-corrected chi connectivity index (χ0v) is 11.8. The normalized spacial score (nSPS) is 10.2. The summed E-state index contributed by atoms with van der Waals surface area (Å²) in [5, 5.41) is 0.700. The Bertz CT molecular complexity index is 581. The first-order valence-corrected chi connectivity index (χ1v) is 6.76. The lowest BCUT2D eigenvalue weighted by molar-refractivity contribution is -0.117. The van der Waals surface area contributed by atoms with E-state index in [9.17, 15) is 4.79 Å². The van der Waals surface area contributed by atoms with E-state index in [1.165, 1.54) is 0 Å². The summed E-state index contributed by atoms with van der Waals surface area (Å²) >= 11 is 6.06. The molecule has 0 aliphatic rings. The van der Waals surface area contributed by atoms with Crippen LogP contribution in [-0.2, 0) is 17.8 Å². The third kappa shape index (κ3) is 4.28. The average Bonchev–Trinajstić information content (AvgIpc) is 2.45. The van der Waals surface area contributed by atoms with Crippen molar-refractivity contribution in [3.63, 3.8) is 0 Å². The van der Waals surface area contributed by atoms with Crippen LogP contribution in [0.25, 0.3) is 0 Å². The number of ether oxygens (including phenoxy) is 1. The first-order chi connectivity index (χ1) is 9.65. The molecule has 4 heteroatoms. The van der Waals surface area contributed by atoms with Crippen LogP contribution in [0.2, 0.25) is 5.02 Å². The largest absolute Gasteiger partial charge is 0.489 e. The average molecular weight is 290 g/mol. The van der Waals surface area contributed by atoms with E-state index >= 15 is 0 Å². The minimum Gasteiger partial charge on any atom is -0.489 e. The Morgan fingerprint density at radius 2 is 1.80 bits per heavy atom. The van der Waals surface area contributed by atoms with E-state index in [-0.39, 0.29) is 5.91 Å². The van der Waals surface area contributed by atoms with Crippen LogP contribution in [0, 0.1) is 0 Å². The Kier molecular flexibility index (Phi) is 5.02. The lowest BCUT2D eigenvalue weighted by atomic mass is 10.1. The Morgan fingerprint density at radius 1 is 1.10 bits per heavy atom. The van der Waals surface area contributed by atoms with Gasteiger partial charge in [0, 0.05) is 17.0 Å². The molecule has 3 nitrogen and oxygen atoms in total. The zero-order valence-electron chi connectivity index (χ0n) is 11.0. The van der Waals surface area contributed by atoms with Crippen LogP contribution in [0.1, 0.15) is 17.5 Å². The van der Waals surface area contributed by atoms with Crippen LogP contribution in [0.3, 0.4) is 0 Å². The van der Waals surface area contributed by atoms with Gasteiger partial charge < -0.3 is 10.5 Å². The lowest BCUT2D eigenvalue weighted by Crippen LogP contribution is -2.11. The fourth-order valence-electron chi connectivity index (χ4n) is 1.80. The van der Waals surface area contributed by atoms with Crippen LogP contribution in [0.4, 0.5) is 0 Å². The van der Waals surface area contributed by atoms with Gasteiger partial charge in [-0.05, 0) is 30.2 Å². The van der Waals surface area contributed by atoms with Crippen molar-refractivity contribution in [2.75, 3.05) is 0 Å². The molecule has 0 bridgehead atoms. The molecule has 0 heterocycles. The SMILES string of the molecule is NC(=O)CCc1ccc(OCc2ccccc2Cl)cc1. The van der Waals surface area contributed by atoms with Gasteiger partial charge in [0.1, 0.15) is 12.4 Å². The number of carbonyl (C=O) groups is 1. The van der Waals surface area contributed by atoms with E-state index in [0.717, 1.165) is 16.9 Å². The highest BCUT2D eigenvalue weighted by Crippen LogP contribution is 2.19. The summed E-state index contributed by atoms with van der Waals surface area (Å²) in [6, 6.07) is 15.2. The Hall–Kier alpha value is -2.00. The molecule has 0 saturated carbocycles. The van der Waals surface area contributed by atoms with Crippen LogP contribution < -0.4 is 10.5 Å². The molecular formula is C16H16ClNO2. The standard InChI is InChI=1S/C16H16ClNO2/c17-15-4-2-1-3-13(15)11-20-14-8-5-12(6-9-14)7-10-16(18)19/h1-6,8-9H,7,10-11H2,(H2,18,19). The van der Waals surface area contributed by atoms with Gasteiger partial charge in [-0.25, -0.2) is 0 Å². The fraction of sp³-hybridized carbons (Fsp3) is 0.188. The van der Waals surface area contributed by atoms with Crippen LogP contribution in [0.5, 0.6) is 5.75 Å². The summed E-state index contributed by atoms with van der Waals surface area (Å²) in [7, 11) is 0. The van der Waals surface area contributed by atoms with Crippen LogP contribution >= 0.6 is 11.6 Å². The lowest BCUT2D eigenvalue weighted by Gasteiger charge is -2.08. The first kappa shape index (κ1) is 14.4. The maximum atomic E-state index is 10.7. The quantitative estimate of drug-likeness (QED) is 0.887. The minimum absolute atomic E-state index is 0.288. The van der Waals surface area contributed by atoms with E-state index in [1.54, 1.807) is 0 Å². The highest BCUT2D eigenvalue weighted by atomic mass is 35.5. The molecule has 0 saturated heterocycles. The topological polar surface area (TPSA) is 52.3 Å². The van der Waals surface area contributed by atoms with Crippen molar-refractivity contribution in [2.24, 2.45) is 5.73 Å². The molecule has 0 aliphatic heterocycles. The first-order valence-electron chi connectivity index (χ1n) is 6.38. The molecule has 0 spiro atoms. The fourth-order valence-corrected chi connectivity index (χ4v) is 1.99. The van der Waals surface area contributed by atoms with E-state index < -0.39 is 0 Å². The van der Waals surface area contributed by atoms with Crippen molar-refractivity contribution < 1.29 is 9.53 Å². The number of rotatable bonds is 6. The predicted molar refractivity (Wildman–Crippen MR) is 79.7 cm³/mol. The van der Waals surface area contributed by atoms with E-state index in [2.05, 4.69) is 0 Å². The summed E-state index contributed by atoms with van der Waals surface area (Å²) in [5.41, 5.74) is 7.14. The number of hydrogen-bond donors (Lipinski definition) is 1. The Labute approximate surface area is 123 Å². The minimum atomic E-state index is -0.288. The molecule has 2 aromatic carbocycles. The second-order valence-corrected chi connectivity index (χ2v) is 4.90. The van der Waals surface area contributed by atoms with Gasteiger partial charge in [-0.15, -0.1) is 0 Å². The molecule has 0 aliphatic carbocycles. The highest BCUT2D eigenvalue weighted by Gasteiger charge is 2.01. The molecule has 0 atom stereocenters. The molecular weight excluding hydrogens is 274 g/mol. The number of aryl methyl sites for hydroxylation is 1. The Balaban J connectivity index is 1.91. The van der Waals surface area contributed by atoms with Crippen molar-refractivity contribution in [2.45, 2.75) is 19.4 Å². The molecule has 0 aromatic heterocycles. The second kappa shape index (κ2) is 6.96. The molecule has 104 valence electrons. The molecule has 20 heavy (non-hydrogen) atoms. The Morgan fingerprint density at radius 3 is 2.45 bits per heavy atom. The number of carbonyl (C=O) groups excluding carboxylic acids is 1. The van der Waals surface area contributed by atoms with Gasteiger partial charge in [0.15, 0.2) is 0 Å². The third-order valence-electron chi connectivity index (χ3n) is 2.94. The van der Waals surface area contributed by atoms with Crippen molar-refractivity contribution in [3.05, 3.63) is 64.7 Å². The van der Waals surface area contributed by atoms with Gasteiger partial charge in [0.05, 0.1) is 0 Å².